The van der Waals surface area contributed by atoms with Gasteiger partial charge < -0.3 is 0 Å². The van der Waals surface area contributed by atoms with Crippen molar-refractivity contribution in [3.05, 3.63) is 113 Å². The van der Waals surface area contributed by atoms with Crippen molar-refractivity contribution in [2.24, 2.45) is 0 Å². The molecule has 0 heterocycles. The van der Waals surface area contributed by atoms with Gasteiger partial charge in [0.05, 0.1) is 4.92 Å². The van der Waals surface area contributed by atoms with Crippen LogP contribution in [0.1, 0.15) is 0 Å². The molecule has 0 saturated carbocycles. The van der Waals surface area contributed by atoms with Crippen molar-refractivity contribution in [2.45, 2.75) is 0 Å². The predicted molar refractivity (Wildman–Crippen MR) is 119 cm³/mol. The van der Waals surface area contributed by atoms with E-state index in [2.05, 4.69) is 42.5 Å². The third-order valence-electron chi connectivity index (χ3n) is 5.37. The molecule has 0 aromatic heterocycles. The lowest BCUT2D eigenvalue weighted by molar-refractivity contribution is -0.384. The number of hydrogen-bond acceptors (Lipinski definition) is 2. The van der Waals surface area contributed by atoms with Crippen LogP contribution < -0.4 is 0 Å². The van der Waals surface area contributed by atoms with Crippen molar-refractivity contribution in [1.82, 2.24) is 0 Å². The molecule has 0 bridgehead atoms. The molecule has 0 spiro atoms. The fourth-order valence-corrected chi connectivity index (χ4v) is 4.02. The van der Waals surface area contributed by atoms with Crippen LogP contribution in [0.3, 0.4) is 0 Å². The van der Waals surface area contributed by atoms with E-state index in [4.69, 9.17) is 0 Å². The van der Waals surface area contributed by atoms with E-state index in [0.29, 0.717) is 0 Å². The largest absolute Gasteiger partial charge is 0.270 e. The van der Waals surface area contributed by atoms with E-state index in [-0.39, 0.29) is 10.6 Å². The van der Waals surface area contributed by atoms with Gasteiger partial charge in [0.1, 0.15) is 0 Å². The summed E-state index contributed by atoms with van der Waals surface area (Å²) in [5.41, 5.74) is 4.02. The SMILES string of the molecule is O=[N+]([O-])c1ccc(-c2cccc3ccccc23)c(-c2cccc3ccccc23)c1. The molecular weight excluding hydrogens is 358 g/mol. The maximum Gasteiger partial charge on any atom is 0.270 e. The summed E-state index contributed by atoms with van der Waals surface area (Å²) in [6.07, 6.45) is 0. The Morgan fingerprint density at radius 3 is 1.62 bits per heavy atom. The van der Waals surface area contributed by atoms with Crippen LogP contribution >= 0.6 is 0 Å². The number of nitro groups is 1. The van der Waals surface area contributed by atoms with Gasteiger partial charge in [-0.05, 0) is 49.9 Å². The Kier molecular flexibility index (Phi) is 4.07. The number of hydrogen-bond donors (Lipinski definition) is 0. The Morgan fingerprint density at radius 1 is 0.517 bits per heavy atom. The van der Waals surface area contributed by atoms with Gasteiger partial charge in [-0.3, -0.25) is 10.1 Å². The van der Waals surface area contributed by atoms with Gasteiger partial charge in [0, 0.05) is 12.1 Å². The molecule has 5 aromatic rings. The Labute approximate surface area is 168 Å². The van der Waals surface area contributed by atoms with Gasteiger partial charge in [0.15, 0.2) is 0 Å². The summed E-state index contributed by atoms with van der Waals surface area (Å²) in [6, 6.07) is 33.8. The molecule has 0 unspecified atom stereocenters. The van der Waals surface area contributed by atoms with Crippen LogP contribution in [0.25, 0.3) is 43.8 Å². The van der Waals surface area contributed by atoms with Crippen molar-refractivity contribution in [3.8, 4) is 22.3 Å². The number of nitro benzene ring substituents is 1. The molecule has 0 fully saturated rings. The smallest absolute Gasteiger partial charge is 0.258 e. The molecule has 0 atom stereocenters. The molecule has 29 heavy (non-hydrogen) atoms. The number of benzene rings is 5. The topological polar surface area (TPSA) is 43.1 Å². The van der Waals surface area contributed by atoms with Crippen LogP contribution in [0.5, 0.6) is 0 Å². The maximum atomic E-state index is 11.5. The average Bonchev–Trinajstić information content (AvgIpc) is 2.78. The molecule has 0 N–H and O–H groups in total. The van der Waals surface area contributed by atoms with E-state index in [9.17, 15) is 10.1 Å². The molecule has 3 nitrogen and oxygen atoms in total. The first-order valence-corrected chi connectivity index (χ1v) is 9.47. The zero-order valence-electron chi connectivity index (χ0n) is 15.6. The van der Waals surface area contributed by atoms with Crippen molar-refractivity contribution in [2.75, 3.05) is 0 Å². The van der Waals surface area contributed by atoms with Crippen molar-refractivity contribution in [3.63, 3.8) is 0 Å². The monoisotopic (exact) mass is 375 g/mol. The summed E-state index contributed by atoms with van der Waals surface area (Å²) >= 11 is 0. The highest BCUT2D eigenvalue weighted by Crippen LogP contribution is 2.40. The van der Waals surface area contributed by atoms with E-state index >= 15 is 0 Å². The molecule has 0 amide bonds. The lowest BCUT2D eigenvalue weighted by atomic mass is 9.89. The second kappa shape index (κ2) is 6.88. The molecule has 5 rings (SSSR count). The summed E-state index contributed by atoms with van der Waals surface area (Å²) in [5, 5.41) is 16.0. The Hall–Kier alpha value is -3.98. The van der Waals surface area contributed by atoms with Gasteiger partial charge in [-0.1, -0.05) is 84.9 Å². The van der Waals surface area contributed by atoms with E-state index in [1.807, 2.05) is 48.5 Å². The van der Waals surface area contributed by atoms with Crippen LogP contribution in [-0.2, 0) is 0 Å². The van der Waals surface area contributed by atoms with Gasteiger partial charge in [0.25, 0.3) is 5.69 Å². The van der Waals surface area contributed by atoms with E-state index in [1.165, 1.54) is 0 Å². The molecule has 5 aromatic carbocycles. The van der Waals surface area contributed by atoms with Gasteiger partial charge >= 0.3 is 0 Å². The summed E-state index contributed by atoms with van der Waals surface area (Å²) in [5.74, 6) is 0. The van der Waals surface area contributed by atoms with Gasteiger partial charge in [-0.25, -0.2) is 0 Å². The molecule has 0 saturated heterocycles. The minimum atomic E-state index is -0.332. The first-order chi connectivity index (χ1) is 14.2. The summed E-state index contributed by atoms with van der Waals surface area (Å²) in [7, 11) is 0. The Morgan fingerprint density at radius 2 is 1.03 bits per heavy atom. The maximum absolute atomic E-state index is 11.5. The van der Waals surface area contributed by atoms with Crippen LogP contribution in [0.15, 0.2) is 103 Å². The van der Waals surface area contributed by atoms with Crippen molar-refractivity contribution >= 4 is 27.2 Å². The van der Waals surface area contributed by atoms with Gasteiger partial charge in [-0.2, -0.15) is 0 Å². The highest BCUT2D eigenvalue weighted by molar-refractivity contribution is 6.05. The first-order valence-electron chi connectivity index (χ1n) is 9.47. The predicted octanol–water partition coefficient (Wildman–Crippen LogP) is 7.24. The summed E-state index contributed by atoms with van der Waals surface area (Å²) in [6.45, 7) is 0. The fraction of sp³-hybridized carbons (Fsp3) is 0. The van der Waals surface area contributed by atoms with Gasteiger partial charge in [0.2, 0.25) is 0 Å². The first kappa shape index (κ1) is 17.1. The lowest BCUT2D eigenvalue weighted by Gasteiger charge is -2.14. The third-order valence-corrected chi connectivity index (χ3v) is 5.37. The zero-order chi connectivity index (χ0) is 19.8. The minimum absolute atomic E-state index is 0.0944. The van der Waals surface area contributed by atoms with Crippen LogP contribution in [0.2, 0.25) is 0 Å². The molecule has 0 aliphatic rings. The highest BCUT2D eigenvalue weighted by Gasteiger charge is 2.16. The lowest BCUT2D eigenvalue weighted by Crippen LogP contribution is -1.93. The fourth-order valence-electron chi connectivity index (χ4n) is 4.02. The quantitative estimate of drug-likeness (QED) is 0.246. The second-order valence-electron chi connectivity index (χ2n) is 7.04. The summed E-state index contributed by atoms with van der Waals surface area (Å²) in [4.78, 5) is 11.2. The van der Waals surface area contributed by atoms with E-state index < -0.39 is 0 Å². The molecule has 3 heteroatoms. The van der Waals surface area contributed by atoms with Crippen molar-refractivity contribution < 1.29 is 4.92 Å². The standard InChI is InChI=1S/C26H17NO2/c28-27(29)20-15-16-25(23-13-5-9-18-7-1-3-11-21(18)23)26(17-20)24-14-6-10-19-8-2-4-12-22(19)24/h1-17H. The van der Waals surface area contributed by atoms with Crippen LogP contribution in [-0.4, -0.2) is 4.92 Å². The average molecular weight is 375 g/mol. The van der Waals surface area contributed by atoms with Gasteiger partial charge in [-0.15, -0.1) is 0 Å². The molecular formula is C26H17NO2. The Balaban J connectivity index is 1.87. The molecule has 0 aliphatic heterocycles. The Bertz CT molecular complexity index is 1380. The normalized spacial score (nSPS) is 11.0. The van der Waals surface area contributed by atoms with E-state index in [1.54, 1.807) is 12.1 Å². The van der Waals surface area contributed by atoms with Crippen molar-refractivity contribution in [1.29, 1.82) is 0 Å². The molecule has 138 valence electrons. The summed E-state index contributed by atoms with van der Waals surface area (Å²) < 4.78 is 0. The molecule has 0 radical (unpaired) electrons. The van der Waals surface area contributed by atoms with Crippen LogP contribution in [0, 0.1) is 10.1 Å². The third kappa shape index (κ3) is 2.93. The number of fused-ring (bicyclic) bond motifs is 2. The number of nitrogens with zero attached hydrogens (tertiary/aromatic N) is 1. The minimum Gasteiger partial charge on any atom is -0.258 e. The number of rotatable bonds is 3. The highest BCUT2D eigenvalue weighted by atomic mass is 16.6. The molecule has 0 aliphatic carbocycles. The van der Waals surface area contributed by atoms with E-state index in [0.717, 1.165) is 43.8 Å². The zero-order valence-corrected chi connectivity index (χ0v) is 15.6. The van der Waals surface area contributed by atoms with Crippen LogP contribution in [0.4, 0.5) is 5.69 Å². The number of non-ortho nitro benzene ring substituents is 1. The second-order valence-corrected chi connectivity index (χ2v) is 7.04.